The lowest BCUT2D eigenvalue weighted by molar-refractivity contribution is 0.859. The van der Waals surface area contributed by atoms with Gasteiger partial charge in [0.1, 0.15) is 11.8 Å². The summed E-state index contributed by atoms with van der Waals surface area (Å²) in [4.78, 5) is 10.5. The molecule has 2 rings (SSSR count). The summed E-state index contributed by atoms with van der Waals surface area (Å²) in [5, 5.41) is 11.0. The van der Waals surface area contributed by atoms with E-state index in [1.54, 1.807) is 17.4 Å². The first kappa shape index (κ1) is 13.0. The molecule has 6 heteroatoms. The summed E-state index contributed by atoms with van der Waals surface area (Å²) in [6, 6.07) is 5.80. The summed E-state index contributed by atoms with van der Waals surface area (Å²) < 4.78 is 1.11. The molecule has 0 spiro atoms. The van der Waals surface area contributed by atoms with Gasteiger partial charge >= 0.3 is 0 Å². The van der Waals surface area contributed by atoms with Gasteiger partial charge in [-0.1, -0.05) is 0 Å². The second-order valence-electron chi connectivity index (χ2n) is 3.92. The van der Waals surface area contributed by atoms with E-state index in [0.717, 1.165) is 16.0 Å². The summed E-state index contributed by atoms with van der Waals surface area (Å²) in [6.45, 7) is 2.58. The number of anilines is 1. The Morgan fingerprint density at radius 2 is 2.22 bits per heavy atom. The third kappa shape index (κ3) is 3.06. The van der Waals surface area contributed by atoms with Crippen LogP contribution in [0.2, 0.25) is 0 Å². The van der Waals surface area contributed by atoms with Crippen molar-refractivity contribution in [2.75, 3.05) is 11.9 Å². The Labute approximate surface area is 118 Å². The molecule has 0 aromatic carbocycles. The number of aromatic nitrogens is 2. The molecular weight excluding hydrogens is 312 g/mol. The van der Waals surface area contributed by atoms with E-state index in [1.807, 2.05) is 24.9 Å². The van der Waals surface area contributed by atoms with Crippen molar-refractivity contribution >= 4 is 33.2 Å². The molecule has 2 aromatic rings. The van der Waals surface area contributed by atoms with Crippen molar-refractivity contribution in [2.24, 2.45) is 0 Å². The summed E-state index contributed by atoms with van der Waals surface area (Å²) in [5.74, 6) is 0.578. The van der Waals surface area contributed by atoms with Crippen LogP contribution in [-0.2, 0) is 6.54 Å². The van der Waals surface area contributed by atoms with Gasteiger partial charge in [0.2, 0.25) is 5.95 Å². The number of hydrogen-bond acceptors (Lipinski definition) is 5. The molecular formula is C12H11BrN4S. The molecule has 0 amide bonds. The standard InChI is InChI=1S/C12H11BrN4S/c1-8-3-10(5-14)16-12(15-8)17(2)6-9-4-11(13)18-7-9/h3-4,7H,6H2,1-2H3. The van der Waals surface area contributed by atoms with Gasteiger partial charge in [-0.2, -0.15) is 5.26 Å². The lowest BCUT2D eigenvalue weighted by atomic mass is 10.3. The molecule has 0 radical (unpaired) electrons. The Morgan fingerprint density at radius 3 is 2.83 bits per heavy atom. The molecule has 18 heavy (non-hydrogen) atoms. The van der Waals surface area contributed by atoms with Crippen LogP contribution < -0.4 is 4.90 Å². The smallest absolute Gasteiger partial charge is 0.226 e. The molecule has 0 saturated heterocycles. The molecule has 2 heterocycles. The highest BCUT2D eigenvalue weighted by molar-refractivity contribution is 9.11. The zero-order valence-electron chi connectivity index (χ0n) is 10.0. The maximum atomic E-state index is 8.90. The fraction of sp³-hybridized carbons (Fsp3) is 0.250. The number of aryl methyl sites for hydroxylation is 1. The zero-order chi connectivity index (χ0) is 13.1. The first-order valence-electron chi connectivity index (χ1n) is 5.28. The zero-order valence-corrected chi connectivity index (χ0v) is 12.4. The lowest BCUT2D eigenvalue weighted by Gasteiger charge is -2.16. The predicted molar refractivity (Wildman–Crippen MR) is 75.6 cm³/mol. The average Bonchev–Trinajstić information content (AvgIpc) is 2.73. The van der Waals surface area contributed by atoms with Crippen molar-refractivity contribution in [3.05, 3.63) is 38.3 Å². The minimum absolute atomic E-state index is 0.399. The molecule has 0 aliphatic carbocycles. The molecule has 0 bridgehead atoms. The van der Waals surface area contributed by atoms with Gasteiger partial charge in [-0.15, -0.1) is 11.3 Å². The van der Waals surface area contributed by atoms with Gasteiger partial charge in [0.15, 0.2) is 0 Å². The van der Waals surface area contributed by atoms with E-state index in [0.29, 0.717) is 11.6 Å². The molecule has 0 unspecified atom stereocenters. The van der Waals surface area contributed by atoms with Gasteiger partial charge < -0.3 is 4.90 Å². The fourth-order valence-electron chi connectivity index (χ4n) is 1.55. The summed E-state index contributed by atoms with van der Waals surface area (Å²) in [7, 11) is 1.92. The normalized spacial score (nSPS) is 10.1. The van der Waals surface area contributed by atoms with E-state index in [-0.39, 0.29) is 0 Å². The third-order valence-corrected chi connectivity index (χ3v) is 3.89. The van der Waals surface area contributed by atoms with Crippen LogP contribution in [0.3, 0.4) is 0 Å². The molecule has 4 nitrogen and oxygen atoms in total. The van der Waals surface area contributed by atoms with Crippen LogP contribution in [0.25, 0.3) is 0 Å². The predicted octanol–water partition coefficient (Wildman–Crippen LogP) is 3.12. The first-order chi connectivity index (χ1) is 8.58. The van der Waals surface area contributed by atoms with E-state index in [2.05, 4.69) is 37.3 Å². The highest BCUT2D eigenvalue weighted by Gasteiger charge is 2.08. The van der Waals surface area contributed by atoms with E-state index in [9.17, 15) is 0 Å². The maximum Gasteiger partial charge on any atom is 0.226 e. The quantitative estimate of drug-likeness (QED) is 0.871. The van der Waals surface area contributed by atoms with E-state index < -0.39 is 0 Å². The van der Waals surface area contributed by atoms with Crippen molar-refractivity contribution in [3.8, 4) is 6.07 Å². The molecule has 0 fully saturated rings. The topological polar surface area (TPSA) is 52.8 Å². The molecule has 0 saturated carbocycles. The van der Waals surface area contributed by atoms with Gasteiger partial charge in [0.25, 0.3) is 0 Å². The molecule has 0 aliphatic rings. The lowest BCUT2D eigenvalue weighted by Crippen LogP contribution is -2.19. The highest BCUT2D eigenvalue weighted by Crippen LogP contribution is 2.22. The monoisotopic (exact) mass is 322 g/mol. The fourth-order valence-corrected chi connectivity index (χ4v) is 2.75. The number of nitrogens with zero attached hydrogens (tertiary/aromatic N) is 4. The Balaban J connectivity index is 2.21. The van der Waals surface area contributed by atoms with Crippen molar-refractivity contribution in [2.45, 2.75) is 13.5 Å². The van der Waals surface area contributed by atoms with Crippen LogP contribution in [0.15, 0.2) is 21.3 Å². The number of rotatable bonds is 3. The summed E-state index contributed by atoms with van der Waals surface area (Å²) in [6.07, 6.45) is 0. The number of hydrogen-bond donors (Lipinski definition) is 0. The molecule has 0 aliphatic heterocycles. The molecule has 0 N–H and O–H groups in total. The highest BCUT2D eigenvalue weighted by atomic mass is 79.9. The largest absolute Gasteiger partial charge is 0.339 e. The second kappa shape index (κ2) is 5.46. The minimum Gasteiger partial charge on any atom is -0.339 e. The Kier molecular flexibility index (Phi) is 3.94. The van der Waals surface area contributed by atoms with Crippen LogP contribution >= 0.6 is 27.3 Å². The van der Waals surface area contributed by atoms with Crippen LogP contribution in [0, 0.1) is 18.3 Å². The number of nitriles is 1. The van der Waals surface area contributed by atoms with Crippen LogP contribution in [0.1, 0.15) is 17.0 Å². The Bertz CT molecular complexity index is 602. The van der Waals surface area contributed by atoms with Crippen molar-refractivity contribution in [1.82, 2.24) is 9.97 Å². The SMILES string of the molecule is Cc1cc(C#N)nc(N(C)Cc2csc(Br)c2)n1. The third-order valence-electron chi connectivity index (χ3n) is 2.34. The van der Waals surface area contributed by atoms with Gasteiger partial charge in [0.05, 0.1) is 3.79 Å². The number of halogens is 1. The summed E-state index contributed by atoms with van der Waals surface area (Å²) >= 11 is 5.09. The van der Waals surface area contributed by atoms with Gasteiger partial charge in [-0.3, -0.25) is 0 Å². The Hall–Kier alpha value is -1.45. The van der Waals surface area contributed by atoms with E-state index >= 15 is 0 Å². The van der Waals surface area contributed by atoms with Crippen molar-refractivity contribution in [3.63, 3.8) is 0 Å². The van der Waals surface area contributed by atoms with Crippen molar-refractivity contribution in [1.29, 1.82) is 5.26 Å². The second-order valence-corrected chi connectivity index (χ2v) is 6.21. The van der Waals surface area contributed by atoms with Gasteiger partial charge in [-0.05, 0) is 45.9 Å². The maximum absolute atomic E-state index is 8.90. The van der Waals surface area contributed by atoms with Crippen LogP contribution in [0.5, 0.6) is 0 Å². The molecule has 0 atom stereocenters. The summed E-state index contributed by atoms with van der Waals surface area (Å²) in [5.41, 5.74) is 2.39. The van der Waals surface area contributed by atoms with E-state index in [1.165, 1.54) is 5.56 Å². The van der Waals surface area contributed by atoms with E-state index in [4.69, 9.17) is 5.26 Å². The minimum atomic E-state index is 0.399. The number of thiophene rings is 1. The Morgan fingerprint density at radius 1 is 1.44 bits per heavy atom. The van der Waals surface area contributed by atoms with Gasteiger partial charge in [-0.25, -0.2) is 9.97 Å². The van der Waals surface area contributed by atoms with Gasteiger partial charge in [0, 0.05) is 19.3 Å². The average molecular weight is 323 g/mol. The van der Waals surface area contributed by atoms with Crippen LogP contribution in [-0.4, -0.2) is 17.0 Å². The van der Waals surface area contributed by atoms with Crippen molar-refractivity contribution < 1.29 is 0 Å². The molecule has 92 valence electrons. The van der Waals surface area contributed by atoms with Crippen LogP contribution in [0.4, 0.5) is 5.95 Å². The molecule has 2 aromatic heterocycles. The first-order valence-corrected chi connectivity index (χ1v) is 6.95.